The summed E-state index contributed by atoms with van der Waals surface area (Å²) in [6.07, 6.45) is 0. The summed E-state index contributed by atoms with van der Waals surface area (Å²) in [4.78, 5) is 4.55. The summed E-state index contributed by atoms with van der Waals surface area (Å²) < 4.78 is 6.93. The van der Waals surface area contributed by atoms with Crippen LogP contribution in [0.2, 0.25) is 0 Å². The average Bonchev–Trinajstić information content (AvgIpc) is 3.73. The average molecular weight is 753 g/mol. The Morgan fingerprint density at radius 1 is 0.534 bits per heavy atom. The first-order chi connectivity index (χ1) is 28.1. The van der Waals surface area contributed by atoms with Crippen LogP contribution in [0.15, 0.2) is 150 Å². The smallest absolute Gasteiger partial charge is 0.159 e. The van der Waals surface area contributed by atoms with Crippen molar-refractivity contribution in [1.29, 1.82) is 10.5 Å². The zero-order valence-corrected chi connectivity index (χ0v) is 33.7. The minimum atomic E-state index is -0.389. The van der Waals surface area contributed by atoms with Crippen LogP contribution in [0.4, 0.5) is 34.1 Å². The highest BCUT2D eigenvalue weighted by molar-refractivity contribution is 6.16. The first-order valence-electron chi connectivity index (χ1n) is 20.0. The van der Waals surface area contributed by atoms with Gasteiger partial charge in [0.1, 0.15) is 5.58 Å². The van der Waals surface area contributed by atoms with Crippen molar-refractivity contribution in [1.82, 2.24) is 0 Å². The molecule has 58 heavy (non-hydrogen) atoms. The van der Waals surface area contributed by atoms with E-state index in [0.717, 1.165) is 56.1 Å². The predicted molar refractivity (Wildman–Crippen MR) is 238 cm³/mol. The highest BCUT2D eigenvalue weighted by Gasteiger charge is 2.40. The Bertz CT molecular complexity index is 2920. The normalized spacial score (nSPS) is 12.7. The fourth-order valence-corrected chi connectivity index (χ4v) is 8.73. The van der Waals surface area contributed by atoms with Gasteiger partial charge in [0, 0.05) is 44.6 Å². The maximum Gasteiger partial charge on any atom is 0.159 e. The van der Waals surface area contributed by atoms with E-state index in [1.54, 1.807) is 0 Å². The van der Waals surface area contributed by atoms with Crippen LogP contribution in [0.25, 0.3) is 33.1 Å². The molecule has 0 amide bonds. The summed E-state index contributed by atoms with van der Waals surface area (Å²) in [5.74, 6) is 0.819. The molecule has 0 unspecified atom stereocenters. The first-order valence-corrected chi connectivity index (χ1v) is 20.0. The van der Waals surface area contributed by atoms with Gasteiger partial charge < -0.3 is 14.2 Å². The topological polar surface area (TPSA) is 67.2 Å². The summed E-state index contributed by atoms with van der Waals surface area (Å²) in [6.45, 7) is 13.5. The van der Waals surface area contributed by atoms with E-state index in [9.17, 15) is 10.5 Å². The summed E-state index contributed by atoms with van der Waals surface area (Å²) in [5.41, 5.74) is 15.8. The van der Waals surface area contributed by atoms with Crippen LogP contribution in [0.3, 0.4) is 0 Å². The number of nitrogens with zero attached hydrogens (tertiary/aromatic N) is 4. The Hall–Kier alpha value is -7.08. The molecule has 0 saturated heterocycles. The Labute approximate surface area is 340 Å². The standard InChI is InChI=1S/C53H44N4O/c1-33(2)37-15-23-40(24-16-37)56(39-19-11-35(31-54)12-20-39)43-27-28-44-46-30-48(52-50(45-9-7-8-10-49(45)58-52)51(46)53(5,6)47(44)29-43)57(41-21-13-36(32-55)14-22-41)42-25-17-38(18-26-42)34(3)4/h7-30,33-34H,1-6H3. The van der Waals surface area contributed by atoms with Crippen LogP contribution < -0.4 is 9.80 Å². The second-order valence-electron chi connectivity index (χ2n) is 16.5. The number of anilines is 6. The number of hydrogen-bond donors (Lipinski definition) is 0. The summed E-state index contributed by atoms with van der Waals surface area (Å²) in [5, 5.41) is 21.5. The van der Waals surface area contributed by atoms with Crippen molar-refractivity contribution in [2.24, 2.45) is 0 Å². The van der Waals surface area contributed by atoms with Crippen LogP contribution in [-0.4, -0.2) is 0 Å². The second kappa shape index (κ2) is 14.1. The van der Waals surface area contributed by atoms with E-state index in [1.807, 2.05) is 54.6 Å². The maximum absolute atomic E-state index is 9.70. The molecule has 1 aliphatic rings. The van der Waals surface area contributed by atoms with Crippen molar-refractivity contribution >= 4 is 56.1 Å². The third-order valence-corrected chi connectivity index (χ3v) is 11.9. The molecule has 0 atom stereocenters. The van der Waals surface area contributed by atoms with Crippen molar-refractivity contribution in [2.45, 2.75) is 58.8 Å². The molecule has 0 bridgehead atoms. The van der Waals surface area contributed by atoms with E-state index in [0.29, 0.717) is 23.0 Å². The second-order valence-corrected chi connectivity index (χ2v) is 16.5. The molecule has 0 spiro atoms. The van der Waals surface area contributed by atoms with Crippen LogP contribution in [0.5, 0.6) is 0 Å². The van der Waals surface area contributed by atoms with E-state index in [-0.39, 0.29) is 5.41 Å². The summed E-state index contributed by atoms with van der Waals surface area (Å²) in [7, 11) is 0. The van der Waals surface area contributed by atoms with Gasteiger partial charge in [0.25, 0.3) is 0 Å². The predicted octanol–water partition coefficient (Wildman–Crippen LogP) is 14.8. The Morgan fingerprint density at radius 3 is 1.53 bits per heavy atom. The molecule has 7 aromatic carbocycles. The van der Waals surface area contributed by atoms with Gasteiger partial charge >= 0.3 is 0 Å². The summed E-state index contributed by atoms with van der Waals surface area (Å²) >= 11 is 0. The van der Waals surface area contributed by atoms with E-state index in [1.165, 1.54) is 33.4 Å². The molecule has 1 aromatic heterocycles. The SMILES string of the molecule is CC(C)c1ccc(N(c2ccc(C#N)cc2)c2ccc3c(c2)C(C)(C)c2c-3cc(N(c3ccc(C#N)cc3)c3ccc(C(C)C)cc3)c3oc4ccccc4c23)cc1. The molecule has 0 saturated carbocycles. The lowest BCUT2D eigenvalue weighted by molar-refractivity contribution is 0.657. The molecule has 9 rings (SSSR count). The third kappa shape index (κ3) is 5.99. The van der Waals surface area contributed by atoms with Gasteiger partial charge in [-0.15, -0.1) is 0 Å². The Morgan fingerprint density at radius 2 is 1.02 bits per heavy atom. The highest BCUT2D eigenvalue weighted by Crippen LogP contribution is 2.57. The van der Waals surface area contributed by atoms with Crippen molar-refractivity contribution in [2.75, 3.05) is 9.80 Å². The fourth-order valence-electron chi connectivity index (χ4n) is 8.73. The van der Waals surface area contributed by atoms with Crippen LogP contribution in [-0.2, 0) is 5.41 Å². The van der Waals surface area contributed by atoms with Gasteiger partial charge in [-0.3, -0.25) is 0 Å². The molecule has 0 aliphatic heterocycles. The lowest BCUT2D eigenvalue weighted by Gasteiger charge is -2.29. The van der Waals surface area contributed by atoms with Crippen molar-refractivity contribution in [3.63, 3.8) is 0 Å². The minimum absolute atomic E-state index is 0.389. The van der Waals surface area contributed by atoms with Gasteiger partial charge in [-0.25, -0.2) is 0 Å². The van der Waals surface area contributed by atoms with Crippen molar-refractivity contribution in [3.8, 4) is 23.3 Å². The van der Waals surface area contributed by atoms with E-state index < -0.39 is 0 Å². The largest absolute Gasteiger partial charge is 0.454 e. The highest BCUT2D eigenvalue weighted by atomic mass is 16.3. The number of fused-ring (bicyclic) bond motifs is 7. The molecular formula is C53H44N4O. The van der Waals surface area contributed by atoms with Gasteiger partial charge in [-0.1, -0.05) is 90.1 Å². The molecule has 1 heterocycles. The van der Waals surface area contributed by atoms with E-state index >= 15 is 0 Å². The van der Waals surface area contributed by atoms with Crippen LogP contribution >= 0.6 is 0 Å². The number of nitriles is 2. The van der Waals surface area contributed by atoms with Gasteiger partial charge in [0.2, 0.25) is 0 Å². The first kappa shape index (κ1) is 36.6. The number of para-hydroxylation sites is 1. The molecule has 0 radical (unpaired) electrons. The Balaban J connectivity index is 1.28. The molecule has 5 nitrogen and oxygen atoms in total. The van der Waals surface area contributed by atoms with Gasteiger partial charge in [-0.05, 0) is 142 Å². The molecule has 0 fully saturated rings. The third-order valence-electron chi connectivity index (χ3n) is 11.9. The number of rotatable bonds is 8. The number of hydrogen-bond acceptors (Lipinski definition) is 5. The number of benzene rings is 7. The number of furan rings is 1. The monoisotopic (exact) mass is 752 g/mol. The van der Waals surface area contributed by atoms with E-state index in [4.69, 9.17) is 4.42 Å². The van der Waals surface area contributed by atoms with Gasteiger partial charge in [0.15, 0.2) is 5.58 Å². The fraction of sp³-hybridized carbons (Fsp3) is 0.170. The molecular weight excluding hydrogens is 709 g/mol. The van der Waals surface area contributed by atoms with E-state index in [2.05, 4.69) is 154 Å². The van der Waals surface area contributed by atoms with Crippen molar-refractivity contribution in [3.05, 3.63) is 179 Å². The summed E-state index contributed by atoms with van der Waals surface area (Å²) in [6, 6.07) is 55.3. The van der Waals surface area contributed by atoms with Crippen molar-refractivity contribution < 1.29 is 4.42 Å². The molecule has 1 aliphatic carbocycles. The molecule has 0 N–H and O–H groups in total. The lowest BCUT2D eigenvalue weighted by atomic mass is 9.80. The Kier molecular flexibility index (Phi) is 8.91. The van der Waals surface area contributed by atoms with Crippen LogP contribution in [0.1, 0.15) is 86.8 Å². The van der Waals surface area contributed by atoms with Gasteiger partial charge in [0.05, 0.1) is 29.0 Å². The molecule has 5 heteroatoms. The quantitative estimate of drug-likeness (QED) is 0.155. The maximum atomic E-state index is 9.70. The van der Waals surface area contributed by atoms with Crippen LogP contribution in [0, 0.1) is 22.7 Å². The zero-order valence-electron chi connectivity index (χ0n) is 33.7. The van der Waals surface area contributed by atoms with Gasteiger partial charge in [-0.2, -0.15) is 10.5 Å². The zero-order chi connectivity index (χ0) is 40.3. The molecule has 8 aromatic rings. The molecule has 282 valence electrons. The lowest BCUT2D eigenvalue weighted by Crippen LogP contribution is -2.17. The minimum Gasteiger partial charge on any atom is -0.454 e.